The van der Waals surface area contributed by atoms with Crippen molar-refractivity contribution in [2.75, 3.05) is 6.54 Å². The average molecular weight is 297 g/mol. The molecule has 3 nitrogen and oxygen atoms in total. The average Bonchev–Trinajstić information content (AvgIpc) is 2.58. The first-order valence-electron chi connectivity index (χ1n) is 8.69. The van der Waals surface area contributed by atoms with Gasteiger partial charge in [0.2, 0.25) is 0 Å². The SMILES string of the molecule is CC(C)N(CCCC(=O)O)C1CCCC(C(C)(C)C)CC1. The van der Waals surface area contributed by atoms with Crippen molar-refractivity contribution in [2.45, 2.75) is 91.6 Å². The Morgan fingerprint density at radius 3 is 2.38 bits per heavy atom. The lowest BCUT2D eigenvalue weighted by Gasteiger charge is -2.35. The number of rotatable bonds is 6. The van der Waals surface area contributed by atoms with E-state index in [1.54, 1.807) is 0 Å². The number of carboxylic acids is 1. The van der Waals surface area contributed by atoms with Gasteiger partial charge in [-0.05, 0) is 63.8 Å². The van der Waals surface area contributed by atoms with Gasteiger partial charge < -0.3 is 5.11 Å². The minimum absolute atomic E-state index is 0.292. The second-order valence-corrected chi connectivity index (χ2v) is 8.05. The molecule has 0 aromatic rings. The van der Waals surface area contributed by atoms with Crippen LogP contribution in [0.25, 0.3) is 0 Å². The van der Waals surface area contributed by atoms with Crippen LogP contribution in [0.15, 0.2) is 0 Å². The van der Waals surface area contributed by atoms with Crippen LogP contribution >= 0.6 is 0 Å². The minimum atomic E-state index is -0.674. The lowest BCUT2D eigenvalue weighted by Crippen LogP contribution is -2.41. The van der Waals surface area contributed by atoms with Gasteiger partial charge in [0, 0.05) is 18.5 Å². The Kier molecular flexibility index (Phi) is 7.19. The molecule has 1 N–H and O–H groups in total. The van der Waals surface area contributed by atoms with Crippen molar-refractivity contribution in [3.8, 4) is 0 Å². The summed E-state index contributed by atoms with van der Waals surface area (Å²) in [4.78, 5) is 13.3. The molecule has 1 rings (SSSR count). The van der Waals surface area contributed by atoms with Crippen molar-refractivity contribution >= 4 is 5.97 Å². The Morgan fingerprint density at radius 1 is 1.19 bits per heavy atom. The second-order valence-electron chi connectivity index (χ2n) is 8.05. The largest absolute Gasteiger partial charge is 0.481 e. The molecule has 124 valence electrons. The zero-order chi connectivity index (χ0) is 16.0. The van der Waals surface area contributed by atoms with Crippen LogP contribution in [-0.4, -0.2) is 34.6 Å². The standard InChI is InChI=1S/C18H35NO2/c1-14(2)19(13-7-10-17(20)21)16-9-6-8-15(11-12-16)18(3,4)5/h14-16H,6-13H2,1-5H3,(H,20,21). The van der Waals surface area contributed by atoms with Gasteiger partial charge in [0.15, 0.2) is 0 Å². The lowest BCUT2D eigenvalue weighted by molar-refractivity contribution is -0.137. The first-order chi connectivity index (χ1) is 9.71. The predicted octanol–water partition coefficient (Wildman–Crippen LogP) is 4.56. The summed E-state index contributed by atoms with van der Waals surface area (Å²) in [5, 5.41) is 8.83. The molecule has 21 heavy (non-hydrogen) atoms. The van der Waals surface area contributed by atoms with Crippen LogP contribution in [-0.2, 0) is 4.79 Å². The van der Waals surface area contributed by atoms with E-state index in [1.807, 2.05) is 0 Å². The molecule has 3 heteroatoms. The third-order valence-corrected chi connectivity index (χ3v) is 5.10. The van der Waals surface area contributed by atoms with Gasteiger partial charge in [-0.2, -0.15) is 0 Å². The fraction of sp³-hybridized carbons (Fsp3) is 0.944. The number of aliphatic carboxylic acids is 1. The zero-order valence-corrected chi connectivity index (χ0v) is 14.7. The molecule has 1 saturated carbocycles. The fourth-order valence-corrected chi connectivity index (χ4v) is 3.76. The predicted molar refractivity (Wildman–Crippen MR) is 88.5 cm³/mol. The van der Waals surface area contributed by atoms with Crippen molar-refractivity contribution in [1.82, 2.24) is 4.90 Å². The van der Waals surface area contributed by atoms with Crippen molar-refractivity contribution in [1.29, 1.82) is 0 Å². The highest BCUT2D eigenvalue weighted by molar-refractivity contribution is 5.66. The van der Waals surface area contributed by atoms with E-state index in [0.717, 1.165) is 18.9 Å². The smallest absolute Gasteiger partial charge is 0.303 e. The van der Waals surface area contributed by atoms with Gasteiger partial charge in [0.1, 0.15) is 0 Å². The highest BCUT2D eigenvalue weighted by Gasteiger charge is 2.30. The van der Waals surface area contributed by atoms with Crippen LogP contribution in [0.1, 0.15) is 79.6 Å². The molecule has 0 bridgehead atoms. The van der Waals surface area contributed by atoms with Crippen LogP contribution in [0, 0.1) is 11.3 Å². The summed E-state index contributed by atoms with van der Waals surface area (Å²) >= 11 is 0. The maximum Gasteiger partial charge on any atom is 0.303 e. The van der Waals surface area contributed by atoms with Gasteiger partial charge in [-0.15, -0.1) is 0 Å². The maximum absolute atomic E-state index is 10.7. The number of carboxylic acid groups (broad SMARTS) is 1. The van der Waals surface area contributed by atoms with Crippen LogP contribution in [0.4, 0.5) is 0 Å². The molecule has 0 aromatic heterocycles. The van der Waals surface area contributed by atoms with Crippen molar-refractivity contribution in [3.63, 3.8) is 0 Å². The Morgan fingerprint density at radius 2 is 1.86 bits per heavy atom. The Bertz CT molecular complexity index is 320. The zero-order valence-electron chi connectivity index (χ0n) is 14.7. The molecule has 1 aliphatic rings. The van der Waals surface area contributed by atoms with Crippen molar-refractivity contribution < 1.29 is 9.90 Å². The number of carbonyl (C=O) groups is 1. The maximum atomic E-state index is 10.7. The third kappa shape index (κ3) is 6.37. The van der Waals surface area contributed by atoms with Gasteiger partial charge in [-0.25, -0.2) is 0 Å². The molecule has 1 fully saturated rings. The van der Waals surface area contributed by atoms with Crippen molar-refractivity contribution in [2.24, 2.45) is 11.3 Å². The van der Waals surface area contributed by atoms with E-state index < -0.39 is 5.97 Å². The molecule has 0 radical (unpaired) electrons. The molecular weight excluding hydrogens is 262 g/mol. The first kappa shape index (κ1) is 18.5. The van der Waals surface area contributed by atoms with Crippen LogP contribution < -0.4 is 0 Å². The van der Waals surface area contributed by atoms with Gasteiger partial charge in [0.05, 0.1) is 0 Å². The topological polar surface area (TPSA) is 40.5 Å². The lowest BCUT2D eigenvalue weighted by atomic mass is 9.76. The van der Waals surface area contributed by atoms with E-state index in [0.29, 0.717) is 23.9 Å². The molecule has 1 aliphatic carbocycles. The van der Waals surface area contributed by atoms with E-state index >= 15 is 0 Å². The summed E-state index contributed by atoms with van der Waals surface area (Å²) in [6, 6.07) is 1.15. The van der Waals surface area contributed by atoms with E-state index in [-0.39, 0.29) is 0 Å². The highest BCUT2D eigenvalue weighted by Crippen LogP contribution is 2.38. The van der Waals surface area contributed by atoms with Gasteiger partial charge in [-0.3, -0.25) is 9.69 Å². The fourth-order valence-electron chi connectivity index (χ4n) is 3.76. The molecule has 0 aliphatic heterocycles. The molecule has 0 spiro atoms. The van der Waals surface area contributed by atoms with E-state index in [1.165, 1.54) is 32.1 Å². The van der Waals surface area contributed by atoms with Crippen molar-refractivity contribution in [3.05, 3.63) is 0 Å². The third-order valence-electron chi connectivity index (χ3n) is 5.10. The monoisotopic (exact) mass is 297 g/mol. The highest BCUT2D eigenvalue weighted by atomic mass is 16.4. The molecule has 0 heterocycles. The number of nitrogens with zero attached hydrogens (tertiary/aromatic N) is 1. The van der Waals surface area contributed by atoms with Crippen LogP contribution in [0.5, 0.6) is 0 Å². The quantitative estimate of drug-likeness (QED) is 0.731. The van der Waals surface area contributed by atoms with E-state index in [4.69, 9.17) is 5.11 Å². The minimum Gasteiger partial charge on any atom is -0.481 e. The molecule has 0 saturated heterocycles. The molecule has 2 atom stereocenters. The summed E-state index contributed by atoms with van der Waals surface area (Å²) in [5.41, 5.74) is 0.418. The summed E-state index contributed by atoms with van der Waals surface area (Å²) in [6.45, 7) is 12.5. The molecule has 2 unspecified atom stereocenters. The summed E-state index contributed by atoms with van der Waals surface area (Å²) in [6.07, 6.45) is 7.59. The van der Waals surface area contributed by atoms with Gasteiger partial charge in [-0.1, -0.05) is 27.2 Å². The number of hydrogen-bond acceptors (Lipinski definition) is 2. The van der Waals surface area contributed by atoms with E-state index in [2.05, 4.69) is 39.5 Å². The second kappa shape index (κ2) is 8.17. The van der Waals surface area contributed by atoms with E-state index in [9.17, 15) is 4.79 Å². The summed E-state index contributed by atoms with van der Waals surface area (Å²) in [7, 11) is 0. The molecule has 0 aromatic carbocycles. The normalized spacial score (nSPS) is 24.3. The number of hydrogen-bond donors (Lipinski definition) is 1. The van der Waals surface area contributed by atoms with Gasteiger partial charge in [0.25, 0.3) is 0 Å². The summed E-state index contributed by atoms with van der Waals surface area (Å²) < 4.78 is 0. The molecular formula is C18H35NO2. The Balaban J connectivity index is 2.57. The van der Waals surface area contributed by atoms with Crippen LogP contribution in [0.3, 0.4) is 0 Å². The molecule has 0 amide bonds. The Hall–Kier alpha value is -0.570. The van der Waals surface area contributed by atoms with Crippen LogP contribution in [0.2, 0.25) is 0 Å². The first-order valence-corrected chi connectivity index (χ1v) is 8.69. The van der Waals surface area contributed by atoms with Gasteiger partial charge >= 0.3 is 5.97 Å². The Labute approximate surface area is 131 Å². The summed E-state index contributed by atoms with van der Waals surface area (Å²) in [5.74, 6) is 0.155.